The van der Waals surface area contributed by atoms with E-state index in [0.717, 1.165) is 25.3 Å². The van der Waals surface area contributed by atoms with Crippen LogP contribution in [0.15, 0.2) is 30.5 Å². The molecule has 0 saturated carbocycles. The molecule has 1 aliphatic heterocycles. The Balaban J connectivity index is 1.78. The molecule has 0 amide bonds. The lowest BCUT2D eigenvalue weighted by Crippen LogP contribution is -2.42. The van der Waals surface area contributed by atoms with Gasteiger partial charge in [-0.05, 0) is 31.0 Å². The van der Waals surface area contributed by atoms with E-state index in [4.69, 9.17) is 0 Å². The van der Waals surface area contributed by atoms with E-state index in [1.165, 1.54) is 22.9 Å². The van der Waals surface area contributed by atoms with Crippen molar-refractivity contribution in [1.29, 1.82) is 0 Å². The molecule has 130 valence electrons. The molecule has 1 N–H and O–H groups in total. The largest absolute Gasteiger partial charge is 0.291 e. The average molecular weight is 348 g/mol. The molecule has 6 nitrogen and oxygen atoms in total. The predicted octanol–water partition coefficient (Wildman–Crippen LogP) is 1.61. The van der Waals surface area contributed by atoms with Gasteiger partial charge in [0.25, 0.3) is 0 Å². The van der Waals surface area contributed by atoms with E-state index in [0.29, 0.717) is 6.54 Å². The van der Waals surface area contributed by atoms with Crippen LogP contribution in [0.5, 0.6) is 0 Å². The average Bonchev–Trinajstić information content (AvgIpc) is 2.96. The first-order valence-electron chi connectivity index (χ1n) is 8.07. The van der Waals surface area contributed by atoms with Gasteiger partial charge in [0.15, 0.2) is 0 Å². The maximum atomic E-state index is 11.4. The molecular weight excluding hydrogens is 324 g/mol. The van der Waals surface area contributed by atoms with Crippen molar-refractivity contribution in [3.05, 3.63) is 52.8 Å². The van der Waals surface area contributed by atoms with Gasteiger partial charge in [0.05, 0.1) is 18.0 Å². The molecule has 2 aromatic rings. The minimum absolute atomic E-state index is 0.00332. The molecule has 0 radical (unpaired) electrons. The second-order valence-corrected chi connectivity index (χ2v) is 8.47. The highest BCUT2D eigenvalue weighted by molar-refractivity contribution is 7.88. The van der Waals surface area contributed by atoms with E-state index in [1.807, 2.05) is 10.7 Å². The fourth-order valence-electron chi connectivity index (χ4n) is 3.20. The topological polar surface area (TPSA) is 67.2 Å². The van der Waals surface area contributed by atoms with E-state index in [9.17, 15) is 8.42 Å². The van der Waals surface area contributed by atoms with E-state index in [2.05, 4.69) is 46.8 Å². The van der Waals surface area contributed by atoms with Crippen molar-refractivity contribution >= 4 is 10.0 Å². The zero-order valence-electron chi connectivity index (χ0n) is 14.4. The molecule has 1 aromatic heterocycles. The number of nitrogens with zero attached hydrogens (tertiary/aromatic N) is 3. The molecule has 3 rings (SSSR count). The Morgan fingerprint density at radius 2 is 2.08 bits per heavy atom. The summed E-state index contributed by atoms with van der Waals surface area (Å²) in [4.78, 5) is 2.35. The van der Waals surface area contributed by atoms with Crippen LogP contribution in [0, 0.1) is 13.8 Å². The van der Waals surface area contributed by atoms with E-state index in [-0.39, 0.29) is 6.04 Å². The van der Waals surface area contributed by atoms with Gasteiger partial charge in [0, 0.05) is 32.4 Å². The molecule has 2 heterocycles. The molecule has 1 unspecified atom stereocenters. The van der Waals surface area contributed by atoms with Gasteiger partial charge >= 0.3 is 0 Å². The maximum Gasteiger partial charge on any atom is 0.208 e. The third-order valence-corrected chi connectivity index (χ3v) is 5.12. The first-order chi connectivity index (χ1) is 11.3. The van der Waals surface area contributed by atoms with Crippen LogP contribution >= 0.6 is 0 Å². The summed E-state index contributed by atoms with van der Waals surface area (Å²) in [6, 6.07) is 8.52. The van der Waals surface area contributed by atoms with Gasteiger partial charge in [-0.3, -0.25) is 9.58 Å². The second kappa shape index (κ2) is 6.66. The Morgan fingerprint density at radius 3 is 2.83 bits per heavy atom. The van der Waals surface area contributed by atoms with Crippen molar-refractivity contribution in [2.24, 2.45) is 0 Å². The number of hydrogen-bond donors (Lipinski definition) is 1. The van der Waals surface area contributed by atoms with Gasteiger partial charge < -0.3 is 0 Å². The van der Waals surface area contributed by atoms with Crippen molar-refractivity contribution < 1.29 is 8.42 Å². The quantitative estimate of drug-likeness (QED) is 0.891. The van der Waals surface area contributed by atoms with Gasteiger partial charge in [0.2, 0.25) is 10.0 Å². The third kappa shape index (κ3) is 4.03. The Bertz CT molecular complexity index is 829. The predicted molar refractivity (Wildman–Crippen MR) is 94.1 cm³/mol. The van der Waals surface area contributed by atoms with Gasteiger partial charge in [-0.15, -0.1) is 0 Å². The van der Waals surface area contributed by atoms with Crippen molar-refractivity contribution in [1.82, 2.24) is 19.4 Å². The molecule has 1 aliphatic rings. The smallest absolute Gasteiger partial charge is 0.208 e. The van der Waals surface area contributed by atoms with Gasteiger partial charge in [-0.1, -0.05) is 23.8 Å². The summed E-state index contributed by atoms with van der Waals surface area (Å²) in [6.45, 7) is 7.04. The van der Waals surface area contributed by atoms with Crippen molar-refractivity contribution in [2.75, 3.05) is 19.3 Å². The van der Waals surface area contributed by atoms with Crippen LogP contribution in [0.2, 0.25) is 0 Å². The summed E-state index contributed by atoms with van der Waals surface area (Å²) in [7, 11) is -3.21. The summed E-state index contributed by atoms with van der Waals surface area (Å²) in [5.41, 5.74) is 4.98. The molecule has 24 heavy (non-hydrogen) atoms. The molecule has 7 heteroatoms. The standard InChI is InChI=1S/C17H24N4O2S/c1-13-4-5-14(2)15(8-13)10-20-11-16-6-7-18-21(16)17(12-20)9-19-24(3,22)23/h4-8,17,19H,9-12H2,1-3H3. The number of fused-ring (bicyclic) bond motifs is 1. The monoisotopic (exact) mass is 348 g/mol. The van der Waals surface area contributed by atoms with Crippen molar-refractivity contribution in [3.8, 4) is 0 Å². The third-order valence-electron chi connectivity index (χ3n) is 4.43. The zero-order chi connectivity index (χ0) is 17.3. The van der Waals surface area contributed by atoms with Gasteiger partial charge in [-0.25, -0.2) is 13.1 Å². The van der Waals surface area contributed by atoms with Gasteiger partial charge in [-0.2, -0.15) is 5.10 Å². The SMILES string of the molecule is Cc1ccc(C)c(CN2Cc3ccnn3C(CNS(C)(=O)=O)C2)c1. The molecule has 0 fully saturated rings. The number of sulfonamides is 1. The first kappa shape index (κ1) is 17.1. The fourth-order valence-corrected chi connectivity index (χ4v) is 3.69. The van der Waals surface area contributed by atoms with Crippen LogP contribution in [-0.2, 0) is 23.1 Å². The molecule has 0 saturated heterocycles. The lowest BCUT2D eigenvalue weighted by Gasteiger charge is -2.34. The van der Waals surface area contributed by atoms with Gasteiger partial charge in [0.1, 0.15) is 0 Å². The minimum Gasteiger partial charge on any atom is -0.291 e. The Morgan fingerprint density at radius 1 is 1.29 bits per heavy atom. The molecule has 1 aromatic carbocycles. The molecular formula is C17H24N4O2S. The lowest BCUT2D eigenvalue weighted by atomic mass is 10.0. The summed E-state index contributed by atoms with van der Waals surface area (Å²) < 4.78 is 27.4. The number of aryl methyl sites for hydroxylation is 2. The van der Waals surface area contributed by atoms with Crippen molar-refractivity contribution in [3.63, 3.8) is 0 Å². The molecule has 0 aliphatic carbocycles. The number of hydrogen-bond acceptors (Lipinski definition) is 4. The highest BCUT2D eigenvalue weighted by Crippen LogP contribution is 2.23. The Kier molecular flexibility index (Phi) is 4.76. The Labute approximate surface area is 143 Å². The molecule has 0 spiro atoms. The van der Waals surface area contributed by atoms with Crippen LogP contribution < -0.4 is 4.72 Å². The normalized spacial score (nSPS) is 18.5. The fraction of sp³-hybridized carbons (Fsp3) is 0.471. The number of benzene rings is 1. The molecule has 0 bridgehead atoms. The van der Waals surface area contributed by atoms with Crippen LogP contribution in [0.4, 0.5) is 0 Å². The van der Waals surface area contributed by atoms with E-state index >= 15 is 0 Å². The van der Waals surface area contributed by atoms with Crippen LogP contribution in [-0.4, -0.2) is 42.4 Å². The molecule has 1 atom stereocenters. The highest BCUT2D eigenvalue weighted by Gasteiger charge is 2.26. The second-order valence-electron chi connectivity index (χ2n) is 6.64. The Hall–Kier alpha value is -1.70. The van der Waals surface area contributed by atoms with E-state index < -0.39 is 10.0 Å². The number of aromatic nitrogens is 2. The van der Waals surface area contributed by atoms with Crippen LogP contribution in [0.1, 0.15) is 28.4 Å². The maximum absolute atomic E-state index is 11.4. The zero-order valence-corrected chi connectivity index (χ0v) is 15.2. The van der Waals surface area contributed by atoms with Crippen LogP contribution in [0.25, 0.3) is 0 Å². The summed E-state index contributed by atoms with van der Waals surface area (Å²) in [6.07, 6.45) is 2.97. The summed E-state index contributed by atoms with van der Waals surface area (Å²) in [5.74, 6) is 0. The first-order valence-corrected chi connectivity index (χ1v) is 9.96. The van der Waals surface area contributed by atoms with Crippen molar-refractivity contribution in [2.45, 2.75) is 33.0 Å². The minimum atomic E-state index is -3.21. The lowest BCUT2D eigenvalue weighted by molar-refractivity contribution is 0.167. The van der Waals surface area contributed by atoms with Crippen LogP contribution in [0.3, 0.4) is 0 Å². The van der Waals surface area contributed by atoms with E-state index in [1.54, 1.807) is 6.20 Å². The summed E-state index contributed by atoms with van der Waals surface area (Å²) in [5, 5.41) is 4.37. The summed E-state index contributed by atoms with van der Waals surface area (Å²) >= 11 is 0. The number of nitrogens with one attached hydrogen (secondary N) is 1. The number of rotatable bonds is 5. The highest BCUT2D eigenvalue weighted by atomic mass is 32.2.